The molecule has 2 bridgehead atoms. The Morgan fingerprint density at radius 2 is 1.70 bits per heavy atom. The van der Waals surface area contributed by atoms with Gasteiger partial charge in [0.1, 0.15) is 17.8 Å². The number of nitrogens with two attached hydrogens (primary N) is 1. The number of aliphatic hydroxyl groups is 1. The van der Waals surface area contributed by atoms with Gasteiger partial charge in [0, 0.05) is 6.08 Å². The first-order valence-electron chi connectivity index (χ1n) is 9.85. The van der Waals surface area contributed by atoms with E-state index >= 15 is 0 Å². The molecule has 2 aliphatic rings. The smallest absolute Gasteiger partial charge is 0.328 e. The maximum atomic E-state index is 10.7. The van der Waals surface area contributed by atoms with Crippen molar-refractivity contribution < 1.29 is 35.0 Å². The van der Waals surface area contributed by atoms with Gasteiger partial charge in [-0.3, -0.25) is 0 Å². The lowest BCUT2D eigenvalue weighted by Crippen LogP contribution is -2.79. The Morgan fingerprint density at radius 3 is 2.27 bits per heavy atom. The number of carboxylic acid groups (broad SMARTS) is 2. The van der Waals surface area contributed by atoms with E-state index in [0.717, 1.165) is 36.1 Å². The van der Waals surface area contributed by atoms with Crippen LogP contribution in [-0.2, 0) is 19.9 Å². The van der Waals surface area contributed by atoms with Gasteiger partial charge < -0.3 is 30.2 Å². The van der Waals surface area contributed by atoms with Crippen LogP contribution in [-0.4, -0.2) is 35.7 Å². The third-order valence-corrected chi connectivity index (χ3v) is 5.42. The van der Waals surface area contributed by atoms with Crippen LogP contribution in [0.4, 0.5) is 0 Å². The number of hydrogen-bond acceptors (Lipinski definition) is 5. The van der Waals surface area contributed by atoms with Gasteiger partial charge in [-0.1, -0.05) is 48.5 Å². The van der Waals surface area contributed by atoms with Crippen molar-refractivity contribution in [1.82, 2.24) is 0 Å². The third-order valence-electron chi connectivity index (χ3n) is 5.42. The molecule has 0 unspecified atom stereocenters. The number of hydrogen-bond donors (Lipinski definition) is 3. The first-order valence-corrected chi connectivity index (χ1v) is 9.85. The molecule has 0 saturated carbocycles. The summed E-state index contributed by atoms with van der Waals surface area (Å²) < 4.78 is 6.48. The van der Waals surface area contributed by atoms with E-state index in [1.165, 1.54) is 5.56 Å². The lowest BCUT2D eigenvalue weighted by atomic mass is 9.80. The molecular formula is C23H25NO6. The number of aliphatic carboxylic acids is 2. The van der Waals surface area contributed by atoms with Crippen LogP contribution in [0.3, 0.4) is 0 Å². The highest BCUT2D eigenvalue weighted by molar-refractivity contribution is 5.88. The summed E-state index contributed by atoms with van der Waals surface area (Å²) >= 11 is 0. The Bertz CT molecular complexity index is 940. The number of rotatable bonds is 6. The van der Waals surface area contributed by atoms with Crippen molar-refractivity contribution in [2.24, 2.45) is 0 Å². The lowest BCUT2D eigenvalue weighted by molar-refractivity contribution is -0.627. The average molecular weight is 411 g/mol. The van der Waals surface area contributed by atoms with Gasteiger partial charge in [-0.25, -0.2) is 4.79 Å². The fourth-order valence-electron chi connectivity index (χ4n) is 4.21. The van der Waals surface area contributed by atoms with Crippen LogP contribution in [0.5, 0.6) is 0 Å². The Kier molecular flexibility index (Phi) is 6.66. The van der Waals surface area contributed by atoms with E-state index in [1.54, 1.807) is 0 Å². The summed E-state index contributed by atoms with van der Waals surface area (Å²) in [5, 5.41) is 30.2. The van der Waals surface area contributed by atoms with Crippen molar-refractivity contribution in [1.29, 1.82) is 0 Å². The maximum absolute atomic E-state index is 10.7. The zero-order valence-electron chi connectivity index (χ0n) is 16.7. The van der Waals surface area contributed by atoms with Gasteiger partial charge in [0.25, 0.3) is 0 Å². The summed E-state index contributed by atoms with van der Waals surface area (Å²) in [6, 6.07) is 16.6. The van der Waals surface area contributed by atoms with Crippen LogP contribution in [0.1, 0.15) is 47.3 Å². The van der Waals surface area contributed by atoms with Crippen molar-refractivity contribution in [2.75, 3.05) is 13.6 Å². The van der Waals surface area contributed by atoms with Crippen molar-refractivity contribution in [2.45, 2.75) is 30.7 Å². The first kappa shape index (κ1) is 21.7. The van der Waals surface area contributed by atoms with E-state index in [0.29, 0.717) is 12.2 Å². The molecule has 2 aliphatic heterocycles. The number of ether oxygens (including phenoxy) is 1. The van der Waals surface area contributed by atoms with Crippen molar-refractivity contribution in [3.8, 4) is 0 Å². The van der Waals surface area contributed by atoms with E-state index in [4.69, 9.17) is 9.84 Å². The molecule has 3 atom stereocenters. The summed E-state index contributed by atoms with van der Waals surface area (Å²) in [5.74, 6) is -2.80. The monoisotopic (exact) mass is 411 g/mol. The molecule has 4 N–H and O–H groups in total. The van der Waals surface area contributed by atoms with Gasteiger partial charge in [-0.15, -0.1) is 0 Å². The van der Waals surface area contributed by atoms with E-state index in [1.807, 2.05) is 24.3 Å². The van der Waals surface area contributed by atoms with Gasteiger partial charge >= 0.3 is 5.97 Å². The zero-order chi connectivity index (χ0) is 21.7. The minimum absolute atomic E-state index is 0.239. The molecule has 7 nitrogen and oxygen atoms in total. The topological polar surface area (TPSA) is 124 Å². The standard InChI is InChI=1S/C19H21NO2.C4H4O4/c1-20-12-6-11-19-15-9-4-2-7-13(15)17(21)18(22-19)14-8-3-5-10-16(14)19;5-3(6)1-2-4(7)8/h2-5,7-10,17-18,20-21H,6,11-12H2,1H3;1-2H,(H,5,6)(H,7,8)/b;2-1-/t17-,18+,19-;/m1./s1. The summed E-state index contributed by atoms with van der Waals surface area (Å²) in [6.45, 7) is 1.09. The highest BCUT2D eigenvalue weighted by Gasteiger charge is 2.53. The fourth-order valence-corrected chi connectivity index (χ4v) is 4.21. The number of fused-ring (bicyclic) bond motifs is 7. The lowest BCUT2D eigenvalue weighted by Gasteiger charge is -2.38. The number of quaternary nitrogens is 1. The van der Waals surface area contributed by atoms with Gasteiger partial charge in [-0.05, 0) is 41.2 Å². The summed E-state index contributed by atoms with van der Waals surface area (Å²) in [7, 11) is 2.10. The Morgan fingerprint density at radius 1 is 1.10 bits per heavy atom. The van der Waals surface area contributed by atoms with Crippen LogP contribution in [0.15, 0.2) is 60.7 Å². The van der Waals surface area contributed by atoms with E-state index in [-0.39, 0.29) is 11.7 Å². The average Bonchev–Trinajstić information content (AvgIpc) is 3.04. The van der Waals surface area contributed by atoms with Crippen LogP contribution in [0, 0.1) is 0 Å². The van der Waals surface area contributed by atoms with Gasteiger partial charge in [0.05, 0.1) is 19.6 Å². The number of carbonyl (C=O) groups is 2. The molecule has 0 amide bonds. The van der Waals surface area contributed by atoms with E-state index in [9.17, 15) is 19.8 Å². The molecule has 30 heavy (non-hydrogen) atoms. The third kappa shape index (κ3) is 4.14. The Labute approximate surface area is 174 Å². The molecule has 0 saturated heterocycles. The molecule has 7 heteroatoms. The maximum Gasteiger partial charge on any atom is 0.328 e. The minimum atomic E-state index is -1.51. The summed E-state index contributed by atoms with van der Waals surface area (Å²) in [5.41, 5.74) is 4.15. The zero-order valence-corrected chi connectivity index (χ0v) is 16.7. The molecule has 0 spiro atoms. The van der Waals surface area contributed by atoms with Crippen molar-refractivity contribution >= 4 is 11.9 Å². The number of benzene rings is 2. The molecule has 0 aromatic heterocycles. The normalized spacial score (nSPS) is 23.3. The van der Waals surface area contributed by atoms with Gasteiger partial charge in [0.15, 0.2) is 0 Å². The van der Waals surface area contributed by atoms with Gasteiger partial charge in [-0.2, -0.15) is 0 Å². The molecule has 2 aromatic rings. The van der Waals surface area contributed by atoms with Gasteiger partial charge in [0.2, 0.25) is 0 Å². The van der Waals surface area contributed by atoms with Crippen LogP contribution >= 0.6 is 0 Å². The second-order valence-electron chi connectivity index (χ2n) is 7.28. The highest BCUT2D eigenvalue weighted by atomic mass is 16.5. The fraction of sp³-hybridized carbons (Fsp3) is 0.304. The van der Waals surface area contributed by atoms with Crippen molar-refractivity contribution in [3.63, 3.8) is 0 Å². The Balaban J connectivity index is 0.000000275. The molecule has 158 valence electrons. The minimum Gasteiger partial charge on any atom is -0.545 e. The summed E-state index contributed by atoms with van der Waals surface area (Å²) in [4.78, 5) is 19.0. The predicted octanol–water partition coefficient (Wildman–Crippen LogP) is 0.399. The molecule has 0 radical (unpaired) electrons. The Hall–Kier alpha value is -3.00. The molecular weight excluding hydrogens is 386 g/mol. The van der Waals surface area contributed by atoms with E-state index in [2.05, 4.69) is 36.6 Å². The number of carbonyl (C=O) groups excluding carboxylic acids is 1. The quantitative estimate of drug-likeness (QED) is 0.467. The van der Waals surface area contributed by atoms with Crippen molar-refractivity contribution in [3.05, 3.63) is 82.9 Å². The first-order chi connectivity index (χ1) is 14.4. The molecule has 0 fully saturated rings. The summed E-state index contributed by atoms with van der Waals surface area (Å²) in [6.07, 6.45) is 2.16. The SMILES string of the molecule is C[NH2+]CCC[C@]12O[C@@H](c3ccccc31)[C@H](O)c1ccccc12.O=C([O-])/C=C\C(=O)O. The molecule has 0 aliphatic carbocycles. The molecule has 2 heterocycles. The van der Waals surface area contributed by atoms with Crippen LogP contribution < -0.4 is 10.4 Å². The molecule has 4 rings (SSSR count). The second-order valence-corrected chi connectivity index (χ2v) is 7.28. The van der Waals surface area contributed by atoms with E-state index < -0.39 is 18.0 Å². The second kappa shape index (κ2) is 9.21. The molecule has 2 aromatic carbocycles. The highest BCUT2D eigenvalue weighted by Crippen LogP contribution is 2.58. The number of carboxylic acids is 2. The predicted molar refractivity (Wildman–Crippen MR) is 106 cm³/mol. The van der Waals surface area contributed by atoms with Crippen LogP contribution in [0.2, 0.25) is 0 Å². The number of aliphatic hydroxyl groups excluding tert-OH is 1. The van der Waals surface area contributed by atoms with Crippen LogP contribution in [0.25, 0.3) is 0 Å². The largest absolute Gasteiger partial charge is 0.545 e.